The Bertz CT molecular complexity index is 413. The molecular formula is C12H15NO3. The van der Waals surface area contributed by atoms with Crippen LogP contribution in [0.15, 0.2) is 18.2 Å². The number of nitrogen functional groups attached to an aromatic ring is 1. The topological polar surface area (TPSA) is 69.4 Å². The van der Waals surface area contributed by atoms with Crippen molar-refractivity contribution in [3.8, 4) is 0 Å². The van der Waals surface area contributed by atoms with Gasteiger partial charge in [0.05, 0.1) is 13.5 Å². The van der Waals surface area contributed by atoms with Crippen molar-refractivity contribution in [3.05, 3.63) is 29.3 Å². The summed E-state index contributed by atoms with van der Waals surface area (Å²) >= 11 is 0. The highest BCUT2D eigenvalue weighted by atomic mass is 16.5. The number of rotatable bonds is 4. The molecule has 0 aliphatic heterocycles. The molecule has 0 heterocycles. The van der Waals surface area contributed by atoms with Gasteiger partial charge < -0.3 is 10.5 Å². The molecule has 4 heteroatoms. The maximum absolute atomic E-state index is 11.0. The Morgan fingerprint density at radius 2 is 2.00 bits per heavy atom. The van der Waals surface area contributed by atoms with Gasteiger partial charge in [-0.2, -0.15) is 0 Å². The second-order valence-electron chi connectivity index (χ2n) is 3.66. The van der Waals surface area contributed by atoms with Crippen LogP contribution in [-0.4, -0.2) is 18.9 Å². The Kier molecular flexibility index (Phi) is 4.05. The highest BCUT2D eigenvalue weighted by molar-refractivity contribution is 5.80. The first-order valence-electron chi connectivity index (χ1n) is 4.96. The minimum atomic E-state index is -0.307. The molecule has 86 valence electrons. The van der Waals surface area contributed by atoms with Gasteiger partial charge >= 0.3 is 5.97 Å². The third-order valence-electron chi connectivity index (χ3n) is 2.23. The van der Waals surface area contributed by atoms with Crippen molar-refractivity contribution in [2.75, 3.05) is 12.8 Å². The molecule has 0 radical (unpaired) electrons. The highest BCUT2D eigenvalue weighted by Gasteiger charge is 2.06. The lowest BCUT2D eigenvalue weighted by molar-refractivity contribution is -0.139. The zero-order valence-electron chi connectivity index (χ0n) is 9.45. The van der Waals surface area contributed by atoms with E-state index in [2.05, 4.69) is 4.74 Å². The predicted octanol–water partition coefficient (Wildman–Crippen LogP) is 1.12. The summed E-state index contributed by atoms with van der Waals surface area (Å²) in [6, 6.07) is 5.26. The first kappa shape index (κ1) is 12.2. The minimum Gasteiger partial charge on any atom is -0.469 e. The molecule has 0 saturated carbocycles. The standard InChI is InChI=1S/C12H15NO3/c1-8(14)5-10-4-3-9(6-11(10)13)7-12(15)16-2/h3-4,6H,5,7,13H2,1-2H3. The Hall–Kier alpha value is -1.84. The van der Waals surface area contributed by atoms with Crippen LogP contribution in [0.4, 0.5) is 5.69 Å². The summed E-state index contributed by atoms with van der Waals surface area (Å²) in [5.74, 6) is -0.244. The molecule has 1 rings (SSSR count). The zero-order chi connectivity index (χ0) is 12.1. The number of esters is 1. The second kappa shape index (κ2) is 5.30. The fourth-order valence-electron chi connectivity index (χ4n) is 1.42. The van der Waals surface area contributed by atoms with Crippen LogP contribution < -0.4 is 5.73 Å². The molecule has 0 aromatic heterocycles. The zero-order valence-corrected chi connectivity index (χ0v) is 9.45. The van der Waals surface area contributed by atoms with Gasteiger partial charge in [-0.3, -0.25) is 9.59 Å². The van der Waals surface area contributed by atoms with E-state index >= 15 is 0 Å². The van der Waals surface area contributed by atoms with Crippen molar-refractivity contribution in [2.45, 2.75) is 19.8 Å². The Morgan fingerprint density at radius 3 is 2.50 bits per heavy atom. The number of methoxy groups -OCH3 is 1. The first-order valence-corrected chi connectivity index (χ1v) is 4.96. The summed E-state index contributed by atoms with van der Waals surface area (Å²) in [5, 5.41) is 0. The van der Waals surface area contributed by atoms with Crippen molar-refractivity contribution in [2.24, 2.45) is 0 Å². The van der Waals surface area contributed by atoms with Gasteiger partial charge in [0.2, 0.25) is 0 Å². The molecule has 0 saturated heterocycles. The van der Waals surface area contributed by atoms with E-state index in [-0.39, 0.29) is 18.2 Å². The first-order chi connectivity index (χ1) is 7.52. The van der Waals surface area contributed by atoms with Crippen molar-refractivity contribution >= 4 is 17.4 Å². The van der Waals surface area contributed by atoms with Crippen LogP contribution >= 0.6 is 0 Å². The number of carbonyl (C=O) groups is 2. The lowest BCUT2D eigenvalue weighted by atomic mass is 10.0. The molecule has 0 amide bonds. The maximum atomic E-state index is 11.0. The van der Waals surface area contributed by atoms with Crippen LogP contribution in [0.2, 0.25) is 0 Å². The quantitative estimate of drug-likeness (QED) is 0.611. The SMILES string of the molecule is COC(=O)Cc1ccc(CC(C)=O)c(N)c1. The van der Waals surface area contributed by atoms with E-state index in [1.165, 1.54) is 14.0 Å². The molecule has 0 unspecified atom stereocenters. The molecule has 0 aliphatic rings. The van der Waals surface area contributed by atoms with Crippen molar-refractivity contribution in [1.82, 2.24) is 0 Å². The van der Waals surface area contributed by atoms with E-state index in [1.54, 1.807) is 18.2 Å². The molecule has 0 fully saturated rings. The average molecular weight is 221 g/mol. The van der Waals surface area contributed by atoms with Gasteiger partial charge in [0, 0.05) is 12.1 Å². The van der Waals surface area contributed by atoms with Gasteiger partial charge in [-0.1, -0.05) is 12.1 Å². The molecule has 0 atom stereocenters. The summed E-state index contributed by atoms with van der Waals surface area (Å²) in [7, 11) is 1.34. The van der Waals surface area contributed by atoms with Crippen LogP contribution in [-0.2, 0) is 27.2 Å². The summed E-state index contributed by atoms with van der Waals surface area (Å²) in [4.78, 5) is 22.0. The molecule has 16 heavy (non-hydrogen) atoms. The largest absolute Gasteiger partial charge is 0.469 e. The monoisotopic (exact) mass is 221 g/mol. The number of Topliss-reactive ketones (excluding diaryl/α,β-unsaturated/α-hetero) is 1. The molecule has 0 aliphatic carbocycles. The predicted molar refractivity (Wildman–Crippen MR) is 61.0 cm³/mol. The summed E-state index contributed by atoms with van der Waals surface area (Å²) in [6.07, 6.45) is 0.519. The Balaban J connectivity index is 2.82. The van der Waals surface area contributed by atoms with E-state index in [0.29, 0.717) is 12.1 Å². The van der Waals surface area contributed by atoms with E-state index < -0.39 is 0 Å². The number of carbonyl (C=O) groups excluding carboxylic acids is 2. The molecule has 0 bridgehead atoms. The van der Waals surface area contributed by atoms with Crippen molar-refractivity contribution in [3.63, 3.8) is 0 Å². The van der Waals surface area contributed by atoms with Crippen LogP contribution in [0.5, 0.6) is 0 Å². The third kappa shape index (κ3) is 3.38. The average Bonchev–Trinajstić information content (AvgIpc) is 2.21. The van der Waals surface area contributed by atoms with Gasteiger partial charge in [-0.05, 0) is 24.1 Å². The summed E-state index contributed by atoms with van der Waals surface area (Å²) in [5.41, 5.74) is 7.90. The smallest absolute Gasteiger partial charge is 0.309 e. The lowest BCUT2D eigenvalue weighted by Crippen LogP contribution is -2.06. The molecule has 1 aromatic rings. The Labute approximate surface area is 94.4 Å². The van der Waals surface area contributed by atoms with Crippen LogP contribution in [0, 0.1) is 0 Å². The number of ether oxygens (including phenoxy) is 1. The molecule has 2 N–H and O–H groups in total. The number of benzene rings is 1. The normalized spacial score (nSPS) is 9.88. The van der Waals surface area contributed by atoms with Crippen molar-refractivity contribution < 1.29 is 14.3 Å². The van der Waals surface area contributed by atoms with E-state index in [4.69, 9.17) is 5.73 Å². The van der Waals surface area contributed by atoms with Gasteiger partial charge in [0.1, 0.15) is 5.78 Å². The van der Waals surface area contributed by atoms with E-state index in [9.17, 15) is 9.59 Å². The number of anilines is 1. The Morgan fingerprint density at radius 1 is 1.31 bits per heavy atom. The van der Waals surface area contributed by atoms with Gasteiger partial charge in [0.15, 0.2) is 0 Å². The summed E-state index contributed by atoms with van der Waals surface area (Å²) in [6.45, 7) is 1.52. The van der Waals surface area contributed by atoms with Crippen LogP contribution in [0.25, 0.3) is 0 Å². The maximum Gasteiger partial charge on any atom is 0.309 e. The highest BCUT2D eigenvalue weighted by Crippen LogP contribution is 2.16. The molecule has 1 aromatic carbocycles. The van der Waals surface area contributed by atoms with E-state index in [0.717, 1.165) is 11.1 Å². The summed E-state index contributed by atoms with van der Waals surface area (Å²) < 4.78 is 4.55. The number of nitrogens with two attached hydrogens (primary N) is 1. The second-order valence-corrected chi connectivity index (χ2v) is 3.66. The number of ketones is 1. The van der Waals surface area contributed by atoms with Gasteiger partial charge in [0.25, 0.3) is 0 Å². The van der Waals surface area contributed by atoms with Gasteiger partial charge in [-0.25, -0.2) is 0 Å². The van der Waals surface area contributed by atoms with Crippen molar-refractivity contribution in [1.29, 1.82) is 0 Å². The number of hydrogen-bond donors (Lipinski definition) is 1. The molecular weight excluding hydrogens is 206 g/mol. The molecule has 4 nitrogen and oxygen atoms in total. The third-order valence-corrected chi connectivity index (χ3v) is 2.23. The van der Waals surface area contributed by atoms with Crippen LogP contribution in [0.3, 0.4) is 0 Å². The fourth-order valence-corrected chi connectivity index (χ4v) is 1.42. The minimum absolute atomic E-state index is 0.0624. The lowest BCUT2D eigenvalue weighted by Gasteiger charge is -2.06. The van der Waals surface area contributed by atoms with Crippen LogP contribution in [0.1, 0.15) is 18.1 Å². The van der Waals surface area contributed by atoms with Gasteiger partial charge in [-0.15, -0.1) is 0 Å². The molecule has 0 spiro atoms. The van der Waals surface area contributed by atoms with E-state index in [1.807, 2.05) is 0 Å². The fraction of sp³-hybridized carbons (Fsp3) is 0.333. The number of hydrogen-bond acceptors (Lipinski definition) is 4.